The number of rotatable bonds is 5. The lowest BCUT2D eigenvalue weighted by Crippen LogP contribution is -2.52. The number of anilines is 1. The lowest BCUT2D eigenvalue weighted by Gasteiger charge is -2.43. The number of hydrogen-bond acceptors (Lipinski definition) is 14. The number of halogens is 9. The number of likely N-dealkylation sites (tertiary alicyclic amines) is 2. The van der Waals surface area contributed by atoms with E-state index in [9.17, 15) is 79.2 Å². The van der Waals surface area contributed by atoms with Gasteiger partial charge in [-0.3, -0.25) is 4.79 Å². The Balaban J connectivity index is 0.000000210. The highest BCUT2D eigenvalue weighted by atomic mass is 32.3. The molecule has 0 aliphatic carbocycles. The van der Waals surface area contributed by atoms with E-state index in [0.717, 1.165) is 18.2 Å². The van der Waals surface area contributed by atoms with Gasteiger partial charge in [-0.2, -0.15) is 64.8 Å². The summed E-state index contributed by atoms with van der Waals surface area (Å²) in [6.07, 6.45) is 2.57. The summed E-state index contributed by atoms with van der Waals surface area (Å²) in [7, 11) is -19.5. The van der Waals surface area contributed by atoms with Crippen molar-refractivity contribution in [2.45, 2.75) is 113 Å². The topological polar surface area (TPSA) is 209 Å². The van der Waals surface area contributed by atoms with Gasteiger partial charge in [0, 0.05) is 57.9 Å². The number of para-hydroxylation sites is 3. The van der Waals surface area contributed by atoms with Gasteiger partial charge in [0.15, 0.2) is 11.5 Å². The van der Waals surface area contributed by atoms with Gasteiger partial charge in [-0.05, 0) is 77.9 Å². The Labute approximate surface area is 420 Å². The van der Waals surface area contributed by atoms with Crippen molar-refractivity contribution in [2.24, 2.45) is 0 Å². The third-order valence-corrected chi connectivity index (χ3v) is 15.5. The molecule has 17 nitrogen and oxygen atoms in total. The van der Waals surface area contributed by atoms with Crippen molar-refractivity contribution in [3.8, 4) is 11.5 Å². The van der Waals surface area contributed by atoms with Crippen molar-refractivity contribution in [3.05, 3.63) is 96.1 Å². The molecule has 0 saturated carbocycles. The van der Waals surface area contributed by atoms with E-state index in [-0.39, 0.29) is 49.1 Å². The summed E-state index contributed by atoms with van der Waals surface area (Å²) in [4.78, 5) is 40.0. The second-order valence-corrected chi connectivity index (χ2v) is 24.2. The summed E-state index contributed by atoms with van der Waals surface area (Å²) >= 11 is 0. The number of piperidine rings is 2. The SMILES string of the molecule is CC(C)(C)OC(=O)N1CCC2(C=C(OS(=O)(=O)C(F)(F)F)c3ccccc3O2)CC1.CC(C)(C)OC(=O)N1CCC2(CC1)CC(=O)c1ccccc1O2.O=S(=O)(N(c1ccccc1)S(=O)(=O)C(F)(F)F)C(F)(F)F. The Hall–Kier alpha value is -5.97. The van der Waals surface area contributed by atoms with Crippen LogP contribution in [0, 0.1) is 0 Å². The molecular formula is C45H50F9N3O14S3. The Kier molecular flexibility index (Phi) is 16.7. The van der Waals surface area contributed by atoms with Gasteiger partial charge in [-0.1, -0.05) is 42.5 Å². The first-order chi connectivity index (χ1) is 33.7. The molecule has 4 aliphatic heterocycles. The van der Waals surface area contributed by atoms with Crippen molar-refractivity contribution in [3.63, 3.8) is 0 Å². The third-order valence-electron chi connectivity index (χ3n) is 10.9. The average molecular weight is 1120 g/mol. The quantitative estimate of drug-likeness (QED) is 0.132. The van der Waals surface area contributed by atoms with Crippen LogP contribution < -0.4 is 13.2 Å². The van der Waals surface area contributed by atoms with Crippen LogP contribution in [0.3, 0.4) is 0 Å². The normalized spacial score (nSPS) is 17.8. The number of fused-ring (bicyclic) bond motifs is 2. The molecule has 0 bridgehead atoms. The smallest absolute Gasteiger partial charge is 0.486 e. The number of hydrogen-bond donors (Lipinski definition) is 0. The first-order valence-electron chi connectivity index (χ1n) is 22.0. The molecule has 4 aliphatic rings. The van der Waals surface area contributed by atoms with Crippen LogP contribution in [0.4, 0.5) is 54.8 Å². The van der Waals surface area contributed by atoms with Gasteiger partial charge in [0.1, 0.15) is 33.9 Å². The van der Waals surface area contributed by atoms with Crippen molar-refractivity contribution in [1.29, 1.82) is 0 Å². The molecule has 29 heteroatoms. The van der Waals surface area contributed by atoms with E-state index in [4.69, 9.17) is 18.9 Å². The zero-order valence-corrected chi connectivity index (χ0v) is 42.6. The summed E-state index contributed by atoms with van der Waals surface area (Å²) in [5, 5.41) is 0. The molecule has 3 aromatic carbocycles. The van der Waals surface area contributed by atoms with E-state index < -0.39 is 90.3 Å². The molecule has 4 heterocycles. The maximum Gasteiger partial charge on any atom is 0.534 e. The van der Waals surface area contributed by atoms with Crippen LogP contribution in [0.5, 0.6) is 11.5 Å². The van der Waals surface area contributed by atoms with Crippen LogP contribution in [-0.4, -0.2) is 118 Å². The van der Waals surface area contributed by atoms with Gasteiger partial charge in [0.25, 0.3) is 0 Å². The number of amides is 2. The van der Waals surface area contributed by atoms with Crippen molar-refractivity contribution in [2.75, 3.05) is 29.9 Å². The maximum atomic E-state index is 12.8. The average Bonchev–Trinajstić information content (AvgIpc) is 3.25. The fourth-order valence-corrected chi connectivity index (χ4v) is 10.7. The van der Waals surface area contributed by atoms with Crippen LogP contribution in [0.15, 0.2) is 84.9 Å². The van der Waals surface area contributed by atoms with Crippen molar-refractivity contribution in [1.82, 2.24) is 9.80 Å². The summed E-state index contributed by atoms with van der Waals surface area (Å²) in [5.74, 6) is 0.546. The molecule has 2 fully saturated rings. The van der Waals surface area contributed by atoms with E-state index in [1.54, 1.807) is 37.8 Å². The van der Waals surface area contributed by atoms with E-state index >= 15 is 0 Å². The molecule has 74 heavy (non-hydrogen) atoms. The molecule has 0 aromatic heterocycles. The van der Waals surface area contributed by atoms with E-state index in [2.05, 4.69) is 4.18 Å². The Bertz CT molecular complexity index is 2880. The Morgan fingerprint density at radius 2 is 0.973 bits per heavy atom. The van der Waals surface area contributed by atoms with Crippen LogP contribution in [-0.2, 0) is 43.8 Å². The number of benzene rings is 3. The second-order valence-electron chi connectivity index (χ2n) is 18.9. The first-order valence-corrected chi connectivity index (χ1v) is 26.3. The van der Waals surface area contributed by atoms with Crippen molar-refractivity contribution >= 4 is 59.6 Å². The van der Waals surface area contributed by atoms with Gasteiger partial charge in [0.05, 0.1) is 23.2 Å². The Morgan fingerprint density at radius 1 is 0.568 bits per heavy atom. The molecule has 0 N–H and O–H groups in total. The molecular weight excluding hydrogens is 1070 g/mol. The minimum absolute atomic E-state index is 0.102. The van der Waals surface area contributed by atoms with E-state index in [0.29, 0.717) is 55.8 Å². The van der Waals surface area contributed by atoms with Gasteiger partial charge in [0.2, 0.25) is 0 Å². The molecule has 2 amide bonds. The van der Waals surface area contributed by atoms with Gasteiger partial charge in [-0.15, -0.1) is 3.71 Å². The number of alkyl halides is 9. The lowest BCUT2D eigenvalue weighted by atomic mass is 9.82. The minimum Gasteiger partial charge on any atom is -0.486 e. The molecule has 0 unspecified atom stereocenters. The number of nitrogens with zero attached hydrogens (tertiary/aromatic N) is 3. The van der Waals surface area contributed by atoms with Crippen LogP contribution in [0.1, 0.15) is 89.6 Å². The van der Waals surface area contributed by atoms with E-state index in [1.807, 2.05) is 39.0 Å². The first kappa shape index (κ1) is 58.9. The molecule has 0 atom stereocenters. The highest BCUT2D eigenvalue weighted by Gasteiger charge is 2.62. The largest absolute Gasteiger partial charge is 0.534 e. The second kappa shape index (κ2) is 21.0. The number of carbonyl (C=O) groups excluding carboxylic acids is 3. The molecule has 7 rings (SSSR count). The molecule has 2 spiro atoms. The van der Waals surface area contributed by atoms with Gasteiger partial charge in [-0.25, -0.2) is 9.59 Å². The summed E-state index contributed by atoms with van der Waals surface area (Å²) in [5.41, 5.74) is -21.3. The number of sulfonamides is 2. The van der Waals surface area contributed by atoms with E-state index in [1.165, 1.54) is 29.2 Å². The molecule has 3 aromatic rings. The third kappa shape index (κ3) is 13.8. The number of ether oxygens (including phenoxy) is 4. The summed E-state index contributed by atoms with van der Waals surface area (Å²) < 4.78 is 207. The molecule has 410 valence electrons. The number of ketones is 1. The highest BCUT2D eigenvalue weighted by Crippen LogP contribution is 2.44. The Morgan fingerprint density at radius 3 is 1.41 bits per heavy atom. The zero-order chi connectivity index (χ0) is 55.7. The van der Waals surface area contributed by atoms with Crippen LogP contribution in [0.25, 0.3) is 5.76 Å². The standard InChI is InChI=1S/C19H22F3NO6S.C18H23NO4.C8H5F6NO4S2/c1-17(2,3)28-16(24)23-10-8-18(9-11-23)12-15(29-30(25,26)19(20,21)22)13-6-4-5-7-14(13)27-18;1-17(2,3)23-16(21)19-10-8-18(9-11-19)12-14(20)13-6-4-5-7-15(13)22-18;9-7(10,11)20(16,17)15(6-4-2-1-3-5-6)21(18,19)8(12,13)14/h4-7,12H,8-11H2,1-3H3;4-7H,8-12H2,1-3H3;1-5H. The predicted octanol–water partition coefficient (Wildman–Crippen LogP) is 9.67. The van der Waals surface area contributed by atoms with Crippen molar-refractivity contribution < 1.29 is 102 Å². The maximum absolute atomic E-state index is 12.8. The van der Waals surface area contributed by atoms with Crippen LogP contribution in [0.2, 0.25) is 0 Å². The minimum atomic E-state index is -6.81. The number of carbonyl (C=O) groups is 3. The summed E-state index contributed by atoms with van der Waals surface area (Å²) in [6, 6.07) is 17.3. The monoisotopic (exact) mass is 1120 g/mol. The summed E-state index contributed by atoms with van der Waals surface area (Å²) in [6.45, 7) is 12.3. The van der Waals surface area contributed by atoms with Gasteiger partial charge >= 0.3 is 58.9 Å². The molecule has 2 saturated heterocycles. The fourth-order valence-electron chi connectivity index (χ4n) is 7.49. The highest BCUT2D eigenvalue weighted by molar-refractivity contribution is 8.11. The predicted molar refractivity (Wildman–Crippen MR) is 246 cm³/mol. The number of Topliss-reactive ketones (excluding diaryl/α,β-unsaturated/α-hetero) is 1. The zero-order valence-electron chi connectivity index (χ0n) is 40.1. The lowest BCUT2D eigenvalue weighted by molar-refractivity contribution is -0.0513. The molecule has 0 radical (unpaired) electrons. The van der Waals surface area contributed by atoms with Crippen LogP contribution >= 0.6 is 0 Å². The fraction of sp³-hybridized carbons (Fsp3) is 0.489. The van der Waals surface area contributed by atoms with Gasteiger partial charge < -0.3 is 32.9 Å².